The number of aromatic hydroxyl groups is 1. The Morgan fingerprint density at radius 3 is 2.48 bits per heavy atom. The van der Waals surface area contributed by atoms with Crippen molar-refractivity contribution in [1.29, 1.82) is 0 Å². The van der Waals surface area contributed by atoms with Gasteiger partial charge in [-0.1, -0.05) is 27.7 Å². The molecule has 1 aromatic rings. The van der Waals surface area contributed by atoms with Crippen LogP contribution in [0.25, 0.3) is 0 Å². The van der Waals surface area contributed by atoms with E-state index in [1.54, 1.807) is 13.2 Å². The van der Waals surface area contributed by atoms with Gasteiger partial charge in [-0.15, -0.1) is 0 Å². The van der Waals surface area contributed by atoms with Crippen LogP contribution in [0.5, 0.6) is 11.5 Å². The molecule has 5 atom stereocenters. The molecule has 0 spiro atoms. The number of fused-ring (bicyclic) bond motifs is 5. The van der Waals surface area contributed by atoms with Gasteiger partial charge in [0.15, 0.2) is 0 Å². The molecule has 0 aliphatic heterocycles. The molecule has 0 saturated heterocycles. The maximum Gasteiger partial charge on any atom is 0.123 e. The third-order valence-electron chi connectivity index (χ3n) is 8.56. The average Bonchev–Trinajstić information content (AvgIpc) is 2.86. The summed E-state index contributed by atoms with van der Waals surface area (Å²) < 4.78 is 5.41. The van der Waals surface area contributed by atoms with Gasteiger partial charge in [0.05, 0.1) is 7.11 Å². The van der Waals surface area contributed by atoms with Crippen LogP contribution in [0.15, 0.2) is 12.1 Å². The number of benzene rings is 1. The zero-order valence-corrected chi connectivity index (χ0v) is 16.4. The number of phenolic OH excluding ortho intramolecular Hbond substituents is 1. The predicted molar refractivity (Wildman–Crippen MR) is 101 cm³/mol. The highest BCUT2D eigenvalue weighted by Gasteiger charge is 2.62. The standard InChI is InChI=1S/C22H33NO2/c1-20(2)16-6-8-22(4)17(21(16,3)9-7-18(20)23)11-13-10-14(25-5)12-15(24)19(13)22/h10,12,16-18,24H,6-9,11,23H2,1-5H3/t16-,17+,18+,21-,22+/m0/s1. The van der Waals surface area contributed by atoms with Crippen molar-refractivity contribution in [2.24, 2.45) is 28.4 Å². The first-order chi connectivity index (χ1) is 11.6. The minimum absolute atomic E-state index is 0.0639. The van der Waals surface area contributed by atoms with Crippen molar-refractivity contribution < 1.29 is 9.84 Å². The molecule has 3 aliphatic rings. The number of methoxy groups -OCH3 is 1. The normalized spacial score (nSPS) is 41.6. The summed E-state index contributed by atoms with van der Waals surface area (Å²) in [5.74, 6) is 2.41. The van der Waals surface area contributed by atoms with Crippen LogP contribution >= 0.6 is 0 Å². The van der Waals surface area contributed by atoms with E-state index in [0.717, 1.165) is 25.0 Å². The van der Waals surface area contributed by atoms with Crippen molar-refractivity contribution in [2.45, 2.75) is 71.3 Å². The molecular formula is C22H33NO2. The van der Waals surface area contributed by atoms with Crippen LogP contribution < -0.4 is 10.5 Å². The van der Waals surface area contributed by atoms with Gasteiger partial charge >= 0.3 is 0 Å². The van der Waals surface area contributed by atoms with Gasteiger partial charge in [-0.05, 0) is 66.4 Å². The molecule has 138 valence electrons. The average molecular weight is 344 g/mol. The van der Waals surface area contributed by atoms with Crippen LogP contribution in [0.4, 0.5) is 0 Å². The quantitative estimate of drug-likeness (QED) is 0.795. The molecule has 3 aliphatic carbocycles. The molecule has 1 aromatic carbocycles. The molecule has 3 heteroatoms. The molecule has 4 rings (SSSR count). The molecule has 2 saturated carbocycles. The summed E-state index contributed by atoms with van der Waals surface area (Å²) in [6.07, 6.45) is 5.71. The van der Waals surface area contributed by atoms with Gasteiger partial charge in [-0.3, -0.25) is 0 Å². The van der Waals surface area contributed by atoms with Crippen molar-refractivity contribution >= 4 is 0 Å². The lowest BCUT2D eigenvalue weighted by atomic mass is 9.43. The lowest BCUT2D eigenvalue weighted by Crippen LogP contribution is -2.60. The van der Waals surface area contributed by atoms with E-state index in [1.807, 2.05) is 0 Å². The van der Waals surface area contributed by atoms with Gasteiger partial charge in [0, 0.05) is 23.1 Å². The Kier molecular flexibility index (Phi) is 3.55. The monoisotopic (exact) mass is 343 g/mol. The van der Waals surface area contributed by atoms with E-state index in [2.05, 4.69) is 33.8 Å². The van der Waals surface area contributed by atoms with E-state index in [4.69, 9.17) is 10.5 Å². The highest BCUT2D eigenvalue weighted by molar-refractivity contribution is 5.54. The SMILES string of the molecule is COc1cc(O)c2c(c1)C[C@@H]1[C@@]3(C)CC[C@@H](N)C(C)(C)[C@@H]3CC[C@@]21C. The predicted octanol–water partition coefficient (Wildman–Crippen LogP) is 4.39. The Labute approximate surface area is 152 Å². The zero-order chi connectivity index (χ0) is 18.2. The van der Waals surface area contributed by atoms with Crippen molar-refractivity contribution in [1.82, 2.24) is 0 Å². The molecule has 0 bridgehead atoms. The zero-order valence-electron chi connectivity index (χ0n) is 16.4. The van der Waals surface area contributed by atoms with Crippen molar-refractivity contribution in [2.75, 3.05) is 7.11 Å². The molecule has 0 aromatic heterocycles. The number of rotatable bonds is 1. The van der Waals surface area contributed by atoms with Crippen LogP contribution in [-0.4, -0.2) is 18.3 Å². The second-order valence-corrected chi connectivity index (χ2v) is 9.92. The summed E-state index contributed by atoms with van der Waals surface area (Å²) in [5.41, 5.74) is 9.54. The second kappa shape index (κ2) is 5.16. The number of phenols is 1. The van der Waals surface area contributed by atoms with Crippen LogP contribution in [0.2, 0.25) is 0 Å². The Balaban J connectivity index is 1.81. The molecule has 0 heterocycles. The first-order valence-electron chi connectivity index (χ1n) is 9.80. The number of hydrogen-bond donors (Lipinski definition) is 2. The molecule has 0 unspecified atom stereocenters. The van der Waals surface area contributed by atoms with Crippen molar-refractivity contribution in [3.05, 3.63) is 23.3 Å². The van der Waals surface area contributed by atoms with Crippen LogP contribution in [0.3, 0.4) is 0 Å². The van der Waals surface area contributed by atoms with Gasteiger partial charge in [-0.25, -0.2) is 0 Å². The molecular weight excluding hydrogens is 310 g/mol. The first-order valence-corrected chi connectivity index (χ1v) is 9.80. The third-order valence-corrected chi connectivity index (χ3v) is 8.56. The summed E-state index contributed by atoms with van der Waals surface area (Å²) in [7, 11) is 1.67. The molecule has 25 heavy (non-hydrogen) atoms. The number of nitrogens with two attached hydrogens (primary N) is 1. The van der Waals surface area contributed by atoms with Crippen LogP contribution in [0, 0.1) is 22.7 Å². The fourth-order valence-corrected chi connectivity index (χ4v) is 7.16. The van der Waals surface area contributed by atoms with E-state index in [0.29, 0.717) is 23.6 Å². The molecule has 0 radical (unpaired) electrons. The summed E-state index contributed by atoms with van der Waals surface area (Å²) in [5, 5.41) is 10.8. The van der Waals surface area contributed by atoms with E-state index in [-0.39, 0.29) is 16.2 Å². The summed E-state index contributed by atoms with van der Waals surface area (Å²) in [6, 6.07) is 4.24. The topological polar surface area (TPSA) is 55.5 Å². The Morgan fingerprint density at radius 1 is 1.08 bits per heavy atom. The molecule has 2 fully saturated rings. The Bertz CT molecular complexity index is 712. The first kappa shape index (κ1) is 17.2. The maximum atomic E-state index is 10.8. The van der Waals surface area contributed by atoms with E-state index < -0.39 is 0 Å². The maximum absolute atomic E-state index is 10.8. The lowest BCUT2D eigenvalue weighted by molar-refractivity contribution is -0.107. The molecule has 3 N–H and O–H groups in total. The summed E-state index contributed by atoms with van der Waals surface area (Å²) in [6.45, 7) is 9.65. The van der Waals surface area contributed by atoms with Gasteiger partial charge < -0.3 is 15.6 Å². The lowest BCUT2D eigenvalue weighted by Gasteiger charge is -2.62. The van der Waals surface area contributed by atoms with Crippen LogP contribution in [0.1, 0.15) is 64.5 Å². The molecule has 0 amide bonds. The van der Waals surface area contributed by atoms with Crippen molar-refractivity contribution in [3.63, 3.8) is 0 Å². The minimum Gasteiger partial charge on any atom is -0.507 e. The van der Waals surface area contributed by atoms with E-state index in [1.165, 1.54) is 24.0 Å². The fraction of sp³-hybridized carbons (Fsp3) is 0.727. The summed E-state index contributed by atoms with van der Waals surface area (Å²) >= 11 is 0. The highest BCUT2D eigenvalue weighted by atomic mass is 16.5. The van der Waals surface area contributed by atoms with Crippen LogP contribution in [-0.2, 0) is 11.8 Å². The Morgan fingerprint density at radius 2 is 1.80 bits per heavy atom. The van der Waals surface area contributed by atoms with Crippen molar-refractivity contribution in [3.8, 4) is 11.5 Å². The Hall–Kier alpha value is -1.22. The highest BCUT2D eigenvalue weighted by Crippen LogP contribution is 2.68. The second-order valence-electron chi connectivity index (χ2n) is 9.92. The van der Waals surface area contributed by atoms with Gasteiger partial charge in [-0.2, -0.15) is 0 Å². The summed E-state index contributed by atoms with van der Waals surface area (Å²) in [4.78, 5) is 0. The van der Waals surface area contributed by atoms with Gasteiger partial charge in [0.1, 0.15) is 11.5 Å². The van der Waals surface area contributed by atoms with E-state index in [9.17, 15) is 5.11 Å². The van der Waals surface area contributed by atoms with Gasteiger partial charge in [0.25, 0.3) is 0 Å². The van der Waals surface area contributed by atoms with Gasteiger partial charge in [0.2, 0.25) is 0 Å². The number of hydrogen-bond acceptors (Lipinski definition) is 3. The third kappa shape index (κ3) is 2.08. The largest absolute Gasteiger partial charge is 0.507 e. The van der Waals surface area contributed by atoms with E-state index >= 15 is 0 Å². The minimum atomic E-state index is 0.0639. The smallest absolute Gasteiger partial charge is 0.123 e. The molecule has 3 nitrogen and oxygen atoms in total. The fourth-order valence-electron chi connectivity index (χ4n) is 7.16. The number of ether oxygens (including phenoxy) is 1.